The topological polar surface area (TPSA) is 33.5 Å². The second-order valence-electron chi connectivity index (χ2n) is 22.6. The fourth-order valence-electron chi connectivity index (χ4n) is 10.7. The summed E-state index contributed by atoms with van der Waals surface area (Å²) in [6.07, 6.45) is 1.95. The molecule has 10 rings (SSSR count). The van der Waals surface area contributed by atoms with Crippen molar-refractivity contribution in [1.82, 2.24) is 9.55 Å². The van der Waals surface area contributed by atoms with Crippen molar-refractivity contribution in [1.29, 1.82) is 0 Å². The van der Waals surface area contributed by atoms with Crippen LogP contribution in [0.1, 0.15) is 128 Å². The Morgan fingerprint density at radius 2 is 1.11 bits per heavy atom. The van der Waals surface area contributed by atoms with Crippen LogP contribution in [0.3, 0.4) is 0 Å². The molecule has 2 aromatic heterocycles. The Balaban J connectivity index is 1.16. The van der Waals surface area contributed by atoms with Gasteiger partial charge < -0.3 is 14.5 Å². The van der Waals surface area contributed by atoms with E-state index in [1.165, 1.54) is 55.4 Å². The maximum Gasteiger partial charge on any atom is 0.137 e. The van der Waals surface area contributed by atoms with Gasteiger partial charge in [0.1, 0.15) is 24.0 Å². The molecule has 0 fully saturated rings. The van der Waals surface area contributed by atoms with E-state index in [1.54, 1.807) is 0 Å². The van der Waals surface area contributed by atoms with Crippen molar-refractivity contribution in [3.8, 4) is 28.4 Å². The molecule has 9 aromatic rings. The van der Waals surface area contributed by atoms with E-state index >= 15 is 0 Å². The minimum absolute atomic E-state index is 0.0379. The van der Waals surface area contributed by atoms with Crippen LogP contribution in [0, 0.1) is 0 Å². The first-order chi connectivity index (χ1) is 33.4. The van der Waals surface area contributed by atoms with Crippen molar-refractivity contribution in [2.24, 2.45) is 0 Å². The molecule has 0 saturated heterocycles. The molecule has 7 aromatic carbocycles. The van der Waals surface area contributed by atoms with Gasteiger partial charge in [0.25, 0.3) is 0 Å². The van der Waals surface area contributed by atoms with Crippen LogP contribution in [-0.4, -0.2) is 16.2 Å². The number of hydrogen-bond acceptors (Lipinski definition) is 4. The number of rotatable bonds is 10. The van der Waals surface area contributed by atoms with Gasteiger partial charge in [-0.15, -0.1) is 0 Å². The highest BCUT2D eigenvalue weighted by Gasteiger charge is 2.32. The van der Waals surface area contributed by atoms with Gasteiger partial charge in [0, 0.05) is 45.9 Å². The lowest BCUT2D eigenvalue weighted by Gasteiger charge is -2.28. The molecule has 3 heterocycles. The van der Waals surface area contributed by atoms with Crippen LogP contribution in [-0.2, 0) is 16.2 Å². The van der Waals surface area contributed by atoms with Crippen molar-refractivity contribution in [3.63, 3.8) is 0 Å². The van der Waals surface area contributed by atoms with Crippen molar-refractivity contribution in [2.45, 2.75) is 111 Å². The number of aromatic nitrogens is 2. The first-order valence-electron chi connectivity index (χ1n) is 25.2. The molecule has 1 aliphatic rings. The summed E-state index contributed by atoms with van der Waals surface area (Å²) in [5, 5.41) is 2.43. The minimum Gasteiger partial charge on any atom is -0.457 e. The van der Waals surface area contributed by atoms with Crippen LogP contribution >= 0.6 is 0 Å². The summed E-state index contributed by atoms with van der Waals surface area (Å²) in [6.45, 7) is 28.2. The molecular weight excluding hydrogens is 853 g/mol. The van der Waals surface area contributed by atoms with Gasteiger partial charge in [0.15, 0.2) is 0 Å². The number of ether oxygens (including phenoxy) is 1. The Morgan fingerprint density at radius 1 is 0.500 bits per heavy atom. The molecular formula is C65H68N4O. The summed E-state index contributed by atoms with van der Waals surface area (Å²) in [5.41, 5.74) is 16.5. The SMILES string of the molecule is CC(C)c1cccc(C(C)C)c1-c1cc(Oc2cc(C(C)(C)C)c3c4ccccc4n(-c4cc(C(C)(C)C)ccn4)c3c2)cc(N2CN(c3cccc(C(C)(C)c4ccccc4)c3)c3ccccc32)c1. The summed E-state index contributed by atoms with van der Waals surface area (Å²) >= 11 is 0. The third kappa shape index (κ3) is 8.44. The third-order valence-corrected chi connectivity index (χ3v) is 14.6. The number of anilines is 4. The predicted molar refractivity (Wildman–Crippen MR) is 297 cm³/mol. The quantitative estimate of drug-likeness (QED) is 0.137. The van der Waals surface area contributed by atoms with Crippen molar-refractivity contribution < 1.29 is 4.74 Å². The van der Waals surface area contributed by atoms with Crippen LogP contribution in [0.4, 0.5) is 22.7 Å². The summed E-state index contributed by atoms with van der Waals surface area (Å²) in [6, 6.07) is 60.2. The first-order valence-corrected chi connectivity index (χ1v) is 25.2. The molecule has 0 unspecified atom stereocenters. The van der Waals surface area contributed by atoms with Gasteiger partial charge in [0.05, 0.1) is 22.4 Å². The first kappa shape index (κ1) is 46.6. The maximum atomic E-state index is 7.37. The fraction of sp³-hybridized carbons (Fsp3) is 0.277. The average molecular weight is 921 g/mol. The highest BCUT2D eigenvalue weighted by molar-refractivity contribution is 6.11. The predicted octanol–water partition coefficient (Wildman–Crippen LogP) is 18.1. The zero-order valence-corrected chi connectivity index (χ0v) is 43.2. The zero-order chi connectivity index (χ0) is 49.3. The number of nitrogens with zero attached hydrogens (tertiary/aromatic N) is 4. The van der Waals surface area contributed by atoms with Gasteiger partial charge in [-0.3, -0.25) is 4.57 Å². The monoisotopic (exact) mass is 921 g/mol. The number of para-hydroxylation sites is 3. The summed E-state index contributed by atoms with van der Waals surface area (Å²) in [7, 11) is 0. The maximum absolute atomic E-state index is 7.37. The van der Waals surface area contributed by atoms with E-state index in [9.17, 15) is 0 Å². The number of fused-ring (bicyclic) bond motifs is 4. The molecule has 354 valence electrons. The van der Waals surface area contributed by atoms with E-state index in [4.69, 9.17) is 9.72 Å². The van der Waals surface area contributed by atoms with Crippen molar-refractivity contribution >= 4 is 44.6 Å². The number of pyridine rings is 1. The molecule has 0 amide bonds. The summed E-state index contributed by atoms with van der Waals surface area (Å²) in [5.74, 6) is 3.12. The summed E-state index contributed by atoms with van der Waals surface area (Å²) in [4.78, 5) is 9.96. The lowest BCUT2D eigenvalue weighted by atomic mass is 9.78. The highest BCUT2D eigenvalue weighted by atomic mass is 16.5. The van der Waals surface area contributed by atoms with E-state index in [1.807, 2.05) is 6.20 Å². The normalized spacial score (nSPS) is 13.3. The second-order valence-corrected chi connectivity index (χ2v) is 22.6. The Hall–Kier alpha value is -7.11. The van der Waals surface area contributed by atoms with Crippen LogP contribution in [0.2, 0.25) is 0 Å². The molecule has 5 heteroatoms. The highest BCUT2D eigenvalue weighted by Crippen LogP contribution is 2.49. The molecule has 0 spiro atoms. The third-order valence-electron chi connectivity index (χ3n) is 14.6. The Labute approximate surface area is 416 Å². The lowest BCUT2D eigenvalue weighted by molar-refractivity contribution is 0.480. The smallest absolute Gasteiger partial charge is 0.137 e. The van der Waals surface area contributed by atoms with Gasteiger partial charge in [-0.2, -0.15) is 0 Å². The number of benzene rings is 7. The molecule has 0 aliphatic carbocycles. The second kappa shape index (κ2) is 17.7. The van der Waals surface area contributed by atoms with E-state index in [-0.39, 0.29) is 16.2 Å². The van der Waals surface area contributed by atoms with Crippen molar-refractivity contribution in [2.75, 3.05) is 16.5 Å². The zero-order valence-electron chi connectivity index (χ0n) is 43.2. The van der Waals surface area contributed by atoms with Crippen LogP contribution in [0.15, 0.2) is 170 Å². The van der Waals surface area contributed by atoms with Gasteiger partial charge in [-0.25, -0.2) is 4.98 Å². The Morgan fingerprint density at radius 3 is 1.79 bits per heavy atom. The molecule has 0 saturated carbocycles. The largest absolute Gasteiger partial charge is 0.457 e. The van der Waals surface area contributed by atoms with Crippen LogP contribution in [0.5, 0.6) is 11.5 Å². The van der Waals surface area contributed by atoms with Crippen LogP contribution < -0.4 is 14.5 Å². The molecule has 0 N–H and O–H groups in total. The van der Waals surface area contributed by atoms with Crippen LogP contribution in [0.25, 0.3) is 38.8 Å². The van der Waals surface area contributed by atoms with E-state index < -0.39 is 0 Å². The Bertz CT molecular complexity index is 3370. The minimum atomic E-state index is -0.195. The van der Waals surface area contributed by atoms with E-state index in [2.05, 4.69) is 261 Å². The molecule has 1 aliphatic heterocycles. The fourth-order valence-corrected chi connectivity index (χ4v) is 10.7. The van der Waals surface area contributed by atoms with Gasteiger partial charge >= 0.3 is 0 Å². The van der Waals surface area contributed by atoms with E-state index in [0.717, 1.165) is 51.0 Å². The molecule has 70 heavy (non-hydrogen) atoms. The molecule has 0 radical (unpaired) electrons. The van der Waals surface area contributed by atoms with Gasteiger partial charge in [0.2, 0.25) is 0 Å². The van der Waals surface area contributed by atoms with Gasteiger partial charge in [-0.1, -0.05) is 174 Å². The molecule has 0 atom stereocenters. The average Bonchev–Trinajstić information content (AvgIpc) is 3.89. The Kier molecular flexibility index (Phi) is 11.8. The lowest BCUT2D eigenvalue weighted by Crippen LogP contribution is -2.25. The molecule has 5 nitrogen and oxygen atoms in total. The van der Waals surface area contributed by atoms with Gasteiger partial charge in [-0.05, 0) is 128 Å². The standard InChI is InChI=1S/C65H68N4O/c1-42(2)52-27-21-28-53(43(3)4)61(52)44-34-49(68-41-67(57-30-18-19-31-58(57)68)48-25-20-24-47(36-48)65(11,12)45-22-14-13-15-23-45)38-50(35-44)70-51-39-55(64(8,9)10)62-54-26-16-17-29-56(54)69(59(62)40-51)60-37-46(32-33-66-60)63(5,6)7/h13-40,42-43H,41H2,1-12H3. The summed E-state index contributed by atoms with van der Waals surface area (Å²) < 4.78 is 9.71. The molecule has 0 bridgehead atoms. The van der Waals surface area contributed by atoms with Crippen molar-refractivity contribution in [3.05, 3.63) is 203 Å². The van der Waals surface area contributed by atoms with E-state index in [0.29, 0.717) is 18.5 Å². The number of hydrogen-bond donors (Lipinski definition) is 0.